The molecule has 1 aliphatic rings. The van der Waals surface area contributed by atoms with Crippen LogP contribution in [0.1, 0.15) is 26.7 Å². The maximum absolute atomic E-state index is 3.96. The molecule has 0 saturated carbocycles. The molecule has 0 atom stereocenters. The topological polar surface area (TPSA) is 26.5 Å². The maximum atomic E-state index is 3.96. The highest BCUT2D eigenvalue weighted by atomic mass is 15.3. The molecule has 0 bridgehead atoms. The molecule has 0 aromatic heterocycles. The summed E-state index contributed by atoms with van der Waals surface area (Å²) in [5, 5.41) is 3.81. The van der Waals surface area contributed by atoms with Gasteiger partial charge in [-0.25, -0.2) is 0 Å². The number of rotatable bonds is 2. The van der Waals surface area contributed by atoms with Crippen molar-refractivity contribution >= 4 is 6.21 Å². The first-order valence-electron chi connectivity index (χ1n) is 3.34. The predicted molar refractivity (Wildman–Crippen MR) is 38.2 cm³/mol. The Balaban J connectivity index is 2.67. The first kappa shape index (κ1) is 6.33. The summed E-state index contributed by atoms with van der Waals surface area (Å²) in [5.74, 6) is 0. The third kappa shape index (κ3) is 1.12. The van der Waals surface area contributed by atoms with Gasteiger partial charge in [-0.1, -0.05) is 13.8 Å². The van der Waals surface area contributed by atoms with Gasteiger partial charge in [0.05, 0.1) is 11.9 Å². The third-order valence-corrected chi connectivity index (χ3v) is 1.48. The molecule has 0 spiro atoms. The summed E-state index contributed by atoms with van der Waals surface area (Å²) in [4.78, 5) is 0. The minimum atomic E-state index is 1.00. The number of nitrogens with zero attached hydrogens (tertiary/aromatic N) is 2. The van der Waals surface area contributed by atoms with Crippen LogP contribution in [0, 0.1) is 0 Å². The maximum Gasteiger partial charge on any atom is 0.0675 e. The van der Waals surface area contributed by atoms with E-state index >= 15 is 0 Å². The summed E-state index contributed by atoms with van der Waals surface area (Å²) < 4.78 is 0. The summed E-state index contributed by atoms with van der Waals surface area (Å²) in [6.45, 7) is 4.22. The van der Waals surface area contributed by atoms with E-state index < -0.39 is 0 Å². The Kier molecular flexibility index (Phi) is 1.88. The molecule has 1 rings (SSSR count). The minimum absolute atomic E-state index is 1.00. The van der Waals surface area contributed by atoms with Crippen molar-refractivity contribution < 1.29 is 0 Å². The molecule has 1 heterocycles. The van der Waals surface area contributed by atoms with Crippen molar-refractivity contribution in [3.05, 3.63) is 11.3 Å². The summed E-state index contributed by atoms with van der Waals surface area (Å²) in [5.41, 5.74) is 6.40. The molecular formula is C7H11N2. The molecule has 0 unspecified atom stereocenters. The van der Waals surface area contributed by atoms with Gasteiger partial charge in [-0.2, -0.15) is 10.5 Å². The van der Waals surface area contributed by atoms with Crippen LogP contribution in [0.25, 0.3) is 0 Å². The summed E-state index contributed by atoms with van der Waals surface area (Å²) in [7, 11) is 0. The van der Waals surface area contributed by atoms with E-state index in [-0.39, 0.29) is 0 Å². The van der Waals surface area contributed by atoms with Gasteiger partial charge < -0.3 is 0 Å². The Bertz CT molecular complexity index is 156. The van der Waals surface area contributed by atoms with E-state index in [1.807, 2.05) is 6.21 Å². The zero-order chi connectivity index (χ0) is 6.69. The Morgan fingerprint density at radius 3 is 2.56 bits per heavy atom. The molecule has 0 aromatic carbocycles. The molecule has 1 radical (unpaired) electrons. The van der Waals surface area contributed by atoms with E-state index in [0.717, 1.165) is 18.5 Å². The van der Waals surface area contributed by atoms with Crippen molar-refractivity contribution in [2.45, 2.75) is 26.7 Å². The van der Waals surface area contributed by atoms with E-state index in [2.05, 4.69) is 24.4 Å². The molecule has 0 saturated heterocycles. The van der Waals surface area contributed by atoms with E-state index in [4.69, 9.17) is 0 Å². The lowest BCUT2D eigenvalue weighted by Gasteiger charge is -1.95. The smallest absolute Gasteiger partial charge is 0.0675 e. The first-order chi connectivity index (χ1) is 4.38. The molecule has 0 aliphatic carbocycles. The lowest BCUT2D eigenvalue weighted by atomic mass is 10.1. The fraction of sp³-hybridized carbons (Fsp3) is 0.571. The Morgan fingerprint density at radius 1 is 1.33 bits per heavy atom. The van der Waals surface area contributed by atoms with Crippen molar-refractivity contribution in [1.29, 1.82) is 0 Å². The molecule has 0 N–H and O–H groups in total. The van der Waals surface area contributed by atoms with Gasteiger partial charge in [-0.05, 0) is 18.4 Å². The molecular weight excluding hydrogens is 112 g/mol. The van der Waals surface area contributed by atoms with Crippen molar-refractivity contribution in [3.8, 4) is 0 Å². The van der Waals surface area contributed by atoms with Gasteiger partial charge in [0.2, 0.25) is 0 Å². The summed E-state index contributed by atoms with van der Waals surface area (Å²) in [6, 6.07) is 0. The van der Waals surface area contributed by atoms with Gasteiger partial charge in [0.25, 0.3) is 0 Å². The van der Waals surface area contributed by atoms with Crippen LogP contribution in [0.5, 0.6) is 0 Å². The highest BCUT2D eigenvalue weighted by Gasteiger charge is 2.06. The van der Waals surface area contributed by atoms with Gasteiger partial charge in [-0.3, -0.25) is 0 Å². The lowest BCUT2D eigenvalue weighted by Crippen LogP contribution is -1.91. The van der Waals surface area contributed by atoms with Crippen molar-refractivity contribution in [2.24, 2.45) is 5.10 Å². The molecule has 49 valence electrons. The van der Waals surface area contributed by atoms with Gasteiger partial charge in [-0.15, -0.1) is 0 Å². The Morgan fingerprint density at radius 2 is 2.11 bits per heavy atom. The SMILES string of the molecule is CCC1=C(CC)[N]N=C1. The van der Waals surface area contributed by atoms with Crippen LogP contribution in [0.2, 0.25) is 0 Å². The Labute approximate surface area is 55.6 Å². The highest BCUT2D eigenvalue weighted by Crippen LogP contribution is 2.12. The van der Waals surface area contributed by atoms with E-state index in [1.165, 1.54) is 5.57 Å². The van der Waals surface area contributed by atoms with Gasteiger partial charge in [0.1, 0.15) is 0 Å². The van der Waals surface area contributed by atoms with Crippen molar-refractivity contribution in [2.75, 3.05) is 0 Å². The number of hydrogen-bond acceptors (Lipinski definition) is 1. The van der Waals surface area contributed by atoms with Crippen LogP contribution in [0.4, 0.5) is 0 Å². The second-order valence-corrected chi connectivity index (χ2v) is 2.02. The highest BCUT2D eigenvalue weighted by molar-refractivity contribution is 5.81. The van der Waals surface area contributed by atoms with Crippen molar-refractivity contribution in [3.63, 3.8) is 0 Å². The molecule has 2 nitrogen and oxygen atoms in total. The zero-order valence-electron chi connectivity index (χ0n) is 5.89. The largest absolute Gasteiger partial charge is 0.159 e. The monoisotopic (exact) mass is 123 g/mol. The standard InChI is InChI=1S/C7H11N2/c1-3-6-5-8-9-7(6)4-2/h5H,3-4H2,1-2H3. The van der Waals surface area contributed by atoms with Crippen LogP contribution in [0.15, 0.2) is 16.4 Å². The molecule has 2 heteroatoms. The third-order valence-electron chi connectivity index (χ3n) is 1.48. The second kappa shape index (κ2) is 2.67. The second-order valence-electron chi connectivity index (χ2n) is 2.02. The average Bonchev–Trinajstić information content (AvgIpc) is 2.33. The first-order valence-corrected chi connectivity index (χ1v) is 3.34. The van der Waals surface area contributed by atoms with Gasteiger partial charge >= 0.3 is 0 Å². The van der Waals surface area contributed by atoms with Crippen molar-refractivity contribution in [1.82, 2.24) is 5.43 Å². The molecule has 1 aliphatic heterocycles. The van der Waals surface area contributed by atoms with Crippen LogP contribution in [-0.2, 0) is 0 Å². The van der Waals surface area contributed by atoms with Crippen LogP contribution in [0.3, 0.4) is 0 Å². The molecule has 0 aromatic rings. The number of hydrogen-bond donors (Lipinski definition) is 0. The van der Waals surface area contributed by atoms with E-state index in [0.29, 0.717) is 0 Å². The average molecular weight is 123 g/mol. The van der Waals surface area contributed by atoms with Gasteiger partial charge in [0, 0.05) is 0 Å². The fourth-order valence-electron chi connectivity index (χ4n) is 0.900. The van der Waals surface area contributed by atoms with Crippen LogP contribution >= 0.6 is 0 Å². The van der Waals surface area contributed by atoms with Crippen LogP contribution < -0.4 is 5.43 Å². The quantitative estimate of drug-likeness (QED) is 0.534. The zero-order valence-corrected chi connectivity index (χ0v) is 5.89. The normalized spacial score (nSPS) is 16.7. The van der Waals surface area contributed by atoms with E-state index in [1.54, 1.807) is 0 Å². The van der Waals surface area contributed by atoms with Gasteiger partial charge in [0.15, 0.2) is 0 Å². The predicted octanol–water partition coefficient (Wildman–Crippen LogP) is 1.66. The lowest BCUT2D eigenvalue weighted by molar-refractivity contribution is 0.826. The van der Waals surface area contributed by atoms with Crippen LogP contribution in [-0.4, -0.2) is 6.21 Å². The Hall–Kier alpha value is -0.790. The molecule has 9 heavy (non-hydrogen) atoms. The number of allylic oxidation sites excluding steroid dienone is 2. The fourth-order valence-corrected chi connectivity index (χ4v) is 0.900. The minimum Gasteiger partial charge on any atom is -0.159 e. The summed E-state index contributed by atoms with van der Waals surface area (Å²) >= 11 is 0. The van der Waals surface area contributed by atoms with E-state index in [9.17, 15) is 0 Å². The molecule has 0 fully saturated rings. The molecule has 0 amide bonds. The summed E-state index contributed by atoms with van der Waals surface area (Å²) in [6.07, 6.45) is 3.90.